The van der Waals surface area contributed by atoms with Gasteiger partial charge in [0.25, 0.3) is 0 Å². The van der Waals surface area contributed by atoms with Crippen molar-refractivity contribution in [2.24, 2.45) is 11.5 Å². The molecule has 2 aromatic carbocycles. The number of aryl methyl sites for hydroxylation is 1. The molecular weight excluding hydrogens is 434 g/mol. The standard InChI is InChI=1S/C20H23FN4OS.2ClH/c1-12-10-13(20-25-17-11-14(21)6-8-18(17)27-20)5-7-16(12)24-19(26)15(23)4-2-3-9-22;;/h5-8,10-11,15H,2-4,9,22-23H2,1H3,(H,24,26);2*1H/t15-;;/m0../s1. The summed E-state index contributed by atoms with van der Waals surface area (Å²) in [5.41, 5.74) is 14.6. The van der Waals surface area contributed by atoms with Crippen LogP contribution in [0.15, 0.2) is 36.4 Å². The fourth-order valence-electron chi connectivity index (χ4n) is 2.83. The Labute approximate surface area is 185 Å². The number of rotatable bonds is 7. The maximum Gasteiger partial charge on any atom is 0.241 e. The lowest BCUT2D eigenvalue weighted by atomic mass is 10.1. The fourth-order valence-corrected chi connectivity index (χ4v) is 3.77. The summed E-state index contributed by atoms with van der Waals surface area (Å²) in [6, 6.07) is 9.77. The van der Waals surface area contributed by atoms with Crippen LogP contribution in [0.4, 0.5) is 10.1 Å². The number of anilines is 1. The van der Waals surface area contributed by atoms with Crippen LogP contribution in [0.25, 0.3) is 20.8 Å². The summed E-state index contributed by atoms with van der Waals surface area (Å²) in [5, 5.41) is 3.70. The van der Waals surface area contributed by atoms with Crippen molar-refractivity contribution < 1.29 is 9.18 Å². The van der Waals surface area contributed by atoms with E-state index in [9.17, 15) is 9.18 Å². The van der Waals surface area contributed by atoms with E-state index < -0.39 is 6.04 Å². The number of nitrogens with one attached hydrogen (secondary N) is 1. The van der Waals surface area contributed by atoms with Gasteiger partial charge in [0.05, 0.1) is 16.3 Å². The number of fused-ring (bicyclic) bond motifs is 1. The molecule has 29 heavy (non-hydrogen) atoms. The predicted octanol–water partition coefficient (Wildman–Crippen LogP) is 4.65. The van der Waals surface area contributed by atoms with Crippen LogP contribution in [-0.4, -0.2) is 23.5 Å². The summed E-state index contributed by atoms with van der Waals surface area (Å²) >= 11 is 1.51. The quantitative estimate of drug-likeness (QED) is 0.449. The van der Waals surface area contributed by atoms with E-state index in [4.69, 9.17) is 11.5 Å². The Balaban J connectivity index is 0.00000210. The van der Waals surface area contributed by atoms with Crippen molar-refractivity contribution in [2.75, 3.05) is 11.9 Å². The summed E-state index contributed by atoms with van der Waals surface area (Å²) in [7, 11) is 0. The number of hydrogen-bond donors (Lipinski definition) is 3. The number of amides is 1. The topological polar surface area (TPSA) is 94.0 Å². The second-order valence-electron chi connectivity index (χ2n) is 6.54. The molecule has 0 radical (unpaired) electrons. The lowest BCUT2D eigenvalue weighted by molar-refractivity contribution is -0.117. The molecule has 5 nitrogen and oxygen atoms in total. The van der Waals surface area contributed by atoms with E-state index >= 15 is 0 Å². The first-order chi connectivity index (χ1) is 13.0. The first kappa shape index (κ1) is 25.3. The molecule has 0 saturated heterocycles. The van der Waals surface area contributed by atoms with Gasteiger partial charge in [0.1, 0.15) is 10.8 Å². The van der Waals surface area contributed by atoms with Gasteiger partial charge in [-0.05, 0) is 62.2 Å². The molecule has 0 unspecified atom stereocenters. The summed E-state index contributed by atoms with van der Waals surface area (Å²) < 4.78 is 14.3. The van der Waals surface area contributed by atoms with E-state index in [0.29, 0.717) is 18.5 Å². The summed E-state index contributed by atoms with van der Waals surface area (Å²) in [6.07, 6.45) is 2.31. The zero-order valence-electron chi connectivity index (χ0n) is 16.0. The van der Waals surface area contributed by atoms with Gasteiger partial charge >= 0.3 is 0 Å². The molecule has 0 aliphatic heterocycles. The lowest BCUT2D eigenvalue weighted by Crippen LogP contribution is -2.35. The molecule has 1 heterocycles. The van der Waals surface area contributed by atoms with Crippen molar-refractivity contribution in [1.82, 2.24) is 4.98 Å². The molecule has 1 atom stereocenters. The number of carbonyl (C=O) groups excluding carboxylic acids is 1. The highest BCUT2D eigenvalue weighted by atomic mass is 35.5. The zero-order valence-corrected chi connectivity index (χ0v) is 18.4. The first-order valence-electron chi connectivity index (χ1n) is 8.91. The van der Waals surface area contributed by atoms with Crippen LogP contribution in [0.5, 0.6) is 0 Å². The van der Waals surface area contributed by atoms with Crippen LogP contribution in [0, 0.1) is 12.7 Å². The Morgan fingerprint density at radius 3 is 2.66 bits per heavy atom. The Kier molecular flexibility index (Phi) is 9.95. The number of benzene rings is 2. The van der Waals surface area contributed by atoms with Gasteiger partial charge in [-0.25, -0.2) is 9.37 Å². The SMILES string of the molecule is Cc1cc(-c2nc3cc(F)ccc3s2)ccc1NC(=O)[C@@H](N)CCCCN.Cl.Cl. The molecule has 5 N–H and O–H groups in total. The monoisotopic (exact) mass is 458 g/mol. The number of unbranched alkanes of at least 4 members (excludes halogenated alkanes) is 1. The highest BCUT2D eigenvalue weighted by Gasteiger charge is 2.15. The minimum absolute atomic E-state index is 0. The van der Waals surface area contributed by atoms with Gasteiger partial charge in [0, 0.05) is 17.3 Å². The number of thiazole rings is 1. The van der Waals surface area contributed by atoms with E-state index in [1.807, 2.05) is 25.1 Å². The molecule has 0 spiro atoms. The van der Waals surface area contributed by atoms with Crippen LogP contribution in [0.1, 0.15) is 24.8 Å². The van der Waals surface area contributed by atoms with Crippen LogP contribution >= 0.6 is 36.2 Å². The van der Waals surface area contributed by atoms with Crippen molar-refractivity contribution in [1.29, 1.82) is 0 Å². The molecule has 3 aromatic rings. The number of carbonyl (C=O) groups is 1. The fraction of sp³-hybridized carbons (Fsp3) is 0.300. The van der Waals surface area contributed by atoms with Gasteiger partial charge in [-0.2, -0.15) is 0 Å². The molecule has 9 heteroatoms. The maximum absolute atomic E-state index is 13.4. The van der Waals surface area contributed by atoms with Crippen LogP contribution in [-0.2, 0) is 4.79 Å². The molecule has 1 amide bonds. The first-order valence-corrected chi connectivity index (χ1v) is 9.73. The Hall–Kier alpha value is -1.77. The van der Waals surface area contributed by atoms with Crippen molar-refractivity contribution in [2.45, 2.75) is 32.2 Å². The number of halogens is 3. The molecule has 0 saturated carbocycles. The molecule has 0 bridgehead atoms. The van der Waals surface area contributed by atoms with Gasteiger partial charge < -0.3 is 16.8 Å². The highest BCUT2D eigenvalue weighted by Crippen LogP contribution is 2.32. The molecule has 1 aromatic heterocycles. The second kappa shape index (κ2) is 11.4. The smallest absolute Gasteiger partial charge is 0.241 e. The Morgan fingerprint density at radius 2 is 1.97 bits per heavy atom. The van der Waals surface area contributed by atoms with Crippen LogP contribution < -0.4 is 16.8 Å². The number of nitrogens with two attached hydrogens (primary N) is 2. The second-order valence-corrected chi connectivity index (χ2v) is 7.57. The highest BCUT2D eigenvalue weighted by molar-refractivity contribution is 7.21. The minimum Gasteiger partial charge on any atom is -0.330 e. The van der Waals surface area contributed by atoms with Crippen LogP contribution in [0.3, 0.4) is 0 Å². The van der Waals surface area contributed by atoms with Gasteiger partial charge in [0.15, 0.2) is 0 Å². The van der Waals surface area contributed by atoms with Crippen LogP contribution in [0.2, 0.25) is 0 Å². The summed E-state index contributed by atoms with van der Waals surface area (Å²) in [5.74, 6) is -0.491. The maximum atomic E-state index is 13.4. The van der Waals surface area contributed by atoms with Crippen molar-refractivity contribution >= 4 is 58.0 Å². The molecule has 0 aliphatic rings. The summed E-state index contributed by atoms with van der Waals surface area (Å²) in [4.78, 5) is 16.8. The normalized spacial score (nSPS) is 11.4. The molecule has 3 rings (SSSR count). The molecule has 0 aliphatic carbocycles. The Morgan fingerprint density at radius 1 is 1.21 bits per heavy atom. The van der Waals surface area contributed by atoms with Gasteiger partial charge in [0.2, 0.25) is 5.91 Å². The van der Waals surface area contributed by atoms with E-state index in [1.54, 1.807) is 6.07 Å². The molecule has 0 fully saturated rings. The number of hydrogen-bond acceptors (Lipinski definition) is 5. The van der Waals surface area contributed by atoms with Crippen molar-refractivity contribution in [3.05, 3.63) is 47.8 Å². The van der Waals surface area contributed by atoms with Crippen molar-refractivity contribution in [3.63, 3.8) is 0 Å². The number of nitrogens with zero attached hydrogens (tertiary/aromatic N) is 1. The third kappa shape index (κ3) is 6.35. The third-order valence-corrected chi connectivity index (χ3v) is 5.47. The lowest BCUT2D eigenvalue weighted by Gasteiger charge is -2.14. The minimum atomic E-state index is -0.546. The van der Waals surface area contributed by atoms with E-state index in [0.717, 1.165) is 39.4 Å². The average molecular weight is 459 g/mol. The Bertz CT molecular complexity index is 967. The third-order valence-electron chi connectivity index (χ3n) is 4.39. The van der Waals surface area contributed by atoms with Gasteiger partial charge in [-0.1, -0.05) is 6.42 Å². The predicted molar refractivity (Wildman–Crippen MR) is 124 cm³/mol. The zero-order chi connectivity index (χ0) is 19.4. The largest absolute Gasteiger partial charge is 0.330 e. The van der Waals surface area contributed by atoms with E-state index in [2.05, 4.69) is 10.3 Å². The van der Waals surface area contributed by atoms with Gasteiger partial charge in [-0.15, -0.1) is 36.2 Å². The van der Waals surface area contributed by atoms with E-state index in [1.165, 1.54) is 23.5 Å². The van der Waals surface area contributed by atoms with Gasteiger partial charge in [-0.3, -0.25) is 4.79 Å². The van der Waals surface area contributed by atoms with Crippen molar-refractivity contribution in [3.8, 4) is 10.6 Å². The summed E-state index contributed by atoms with van der Waals surface area (Å²) in [6.45, 7) is 2.53. The average Bonchev–Trinajstić information content (AvgIpc) is 3.06. The molecular formula is C20H25Cl2FN4OS. The van der Waals surface area contributed by atoms with E-state index in [-0.39, 0.29) is 36.5 Å². The number of aromatic nitrogens is 1. The molecule has 158 valence electrons.